The molecule has 0 aliphatic carbocycles. The quantitative estimate of drug-likeness (QED) is 0.453. The normalized spacial score (nSPS) is 20.8. The zero-order valence-electron chi connectivity index (χ0n) is 16.4. The molecule has 28 heavy (non-hydrogen) atoms. The van der Waals surface area contributed by atoms with Crippen molar-refractivity contribution in [2.75, 3.05) is 0 Å². The smallest absolute Gasteiger partial charge is 0.336 e. The topological polar surface area (TPSA) is 92.0 Å². The van der Waals surface area contributed by atoms with E-state index < -0.39 is 35.4 Å². The standard InChI is InChI=1S/C21H22O7/c1-6-11(2)20(24)27-19-18(25-12(3)22)16-14(28-21(19,4)5)9-7-13-8-10-15(23)26-17(13)16/h6-10,18-19H,1-5H3/b11-6+/t18-,19+/m1/s1. The van der Waals surface area contributed by atoms with E-state index in [2.05, 4.69) is 0 Å². The maximum absolute atomic E-state index is 12.4. The van der Waals surface area contributed by atoms with E-state index in [1.165, 1.54) is 13.0 Å². The van der Waals surface area contributed by atoms with Crippen LogP contribution in [0.1, 0.15) is 46.3 Å². The van der Waals surface area contributed by atoms with Gasteiger partial charge in [-0.2, -0.15) is 0 Å². The van der Waals surface area contributed by atoms with Gasteiger partial charge >= 0.3 is 17.6 Å². The number of benzene rings is 1. The van der Waals surface area contributed by atoms with Gasteiger partial charge < -0.3 is 18.6 Å². The van der Waals surface area contributed by atoms with Crippen LogP contribution in [0.3, 0.4) is 0 Å². The molecular formula is C21H22O7. The molecule has 7 heteroatoms. The number of rotatable bonds is 3. The summed E-state index contributed by atoms with van der Waals surface area (Å²) in [6.07, 6.45) is -0.330. The van der Waals surface area contributed by atoms with Crippen LogP contribution in [-0.4, -0.2) is 23.6 Å². The summed E-state index contributed by atoms with van der Waals surface area (Å²) >= 11 is 0. The van der Waals surface area contributed by atoms with Gasteiger partial charge in [0.1, 0.15) is 16.9 Å². The van der Waals surface area contributed by atoms with Crippen molar-refractivity contribution in [2.24, 2.45) is 0 Å². The Morgan fingerprint density at radius 2 is 1.79 bits per heavy atom. The third kappa shape index (κ3) is 3.52. The second kappa shape index (κ2) is 7.14. The minimum atomic E-state index is -1.00. The molecule has 2 atom stereocenters. The van der Waals surface area contributed by atoms with Crippen LogP contribution in [0.2, 0.25) is 0 Å². The molecule has 0 radical (unpaired) electrons. The lowest BCUT2D eigenvalue weighted by atomic mass is 9.87. The average molecular weight is 386 g/mol. The molecule has 148 valence electrons. The zero-order chi connectivity index (χ0) is 20.6. The van der Waals surface area contributed by atoms with Gasteiger partial charge in [0, 0.05) is 23.9 Å². The summed E-state index contributed by atoms with van der Waals surface area (Å²) in [5.41, 5.74) is -0.547. The lowest BCUT2D eigenvalue weighted by molar-refractivity contribution is -0.186. The minimum absolute atomic E-state index is 0.232. The number of hydrogen-bond acceptors (Lipinski definition) is 7. The molecule has 7 nitrogen and oxygen atoms in total. The molecular weight excluding hydrogens is 364 g/mol. The summed E-state index contributed by atoms with van der Waals surface area (Å²) < 4.78 is 22.7. The number of allylic oxidation sites excluding steroid dienone is 1. The molecule has 0 saturated carbocycles. The molecule has 1 aliphatic heterocycles. The van der Waals surface area contributed by atoms with Gasteiger partial charge in [-0.05, 0) is 45.9 Å². The maximum Gasteiger partial charge on any atom is 0.336 e. The van der Waals surface area contributed by atoms with E-state index in [0.717, 1.165) is 0 Å². The third-order valence-electron chi connectivity index (χ3n) is 4.69. The first-order valence-electron chi connectivity index (χ1n) is 8.91. The number of ether oxygens (including phenoxy) is 3. The fourth-order valence-corrected chi connectivity index (χ4v) is 3.18. The van der Waals surface area contributed by atoms with Crippen molar-refractivity contribution in [2.45, 2.75) is 52.4 Å². The van der Waals surface area contributed by atoms with E-state index in [4.69, 9.17) is 18.6 Å². The summed E-state index contributed by atoms with van der Waals surface area (Å²) in [5, 5.41) is 0.633. The van der Waals surface area contributed by atoms with E-state index >= 15 is 0 Å². The minimum Gasteiger partial charge on any atom is -0.483 e. The van der Waals surface area contributed by atoms with Gasteiger partial charge in [-0.25, -0.2) is 9.59 Å². The highest BCUT2D eigenvalue weighted by Crippen LogP contribution is 2.46. The van der Waals surface area contributed by atoms with Crippen molar-refractivity contribution in [1.29, 1.82) is 0 Å². The van der Waals surface area contributed by atoms with Gasteiger partial charge in [0.25, 0.3) is 0 Å². The predicted molar refractivity (Wildman–Crippen MR) is 101 cm³/mol. The first kappa shape index (κ1) is 19.7. The van der Waals surface area contributed by atoms with E-state index in [-0.39, 0.29) is 5.58 Å². The molecule has 0 spiro atoms. The molecule has 1 aliphatic rings. The largest absolute Gasteiger partial charge is 0.483 e. The lowest BCUT2D eigenvalue weighted by Crippen LogP contribution is -2.52. The molecule has 2 aromatic rings. The second-order valence-electron chi connectivity index (χ2n) is 7.18. The lowest BCUT2D eigenvalue weighted by Gasteiger charge is -2.43. The highest BCUT2D eigenvalue weighted by molar-refractivity contribution is 5.88. The molecule has 3 rings (SSSR count). The molecule has 2 heterocycles. The fraction of sp³-hybridized carbons (Fsp3) is 0.381. The van der Waals surface area contributed by atoms with E-state index in [9.17, 15) is 14.4 Å². The number of esters is 2. The van der Waals surface area contributed by atoms with Gasteiger partial charge in [0.05, 0.1) is 5.56 Å². The number of carbonyl (C=O) groups is 2. The molecule has 0 N–H and O–H groups in total. The SMILES string of the molecule is C/C=C(\C)C(=O)O[C@H]1[C@H](OC(C)=O)c2c(ccc3ccc(=O)oc23)OC1(C)C. The maximum atomic E-state index is 12.4. The van der Waals surface area contributed by atoms with Gasteiger partial charge in [-0.15, -0.1) is 0 Å². The molecule has 0 bridgehead atoms. The molecule has 1 aromatic heterocycles. The summed E-state index contributed by atoms with van der Waals surface area (Å²) in [7, 11) is 0. The monoisotopic (exact) mass is 386 g/mol. The Balaban J connectivity index is 2.22. The van der Waals surface area contributed by atoms with E-state index in [0.29, 0.717) is 22.3 Å². The van der Waals surface area contributed by atoms with E-state index in [1.807, 2.05) is 0 Å². The first-order valence-corrected chi connectivity index (χ1v) is 8.91. The Kier molecular flexibility index (Phi) is 5.02. The van der Waals surface area contributed by atoms with Crippen LogP contribution in [0.15, 0.2) is 45.1 Å². The van der Waals surface area contributed by atoms with Crippen molar-refractivity contribution >= 4 is 22.9 Å². The van der Waals surface area contributed by atoms with Crippen molar-refractivity contribution in [1.82, 2.24) is 0 Å². The van der Waals surface area contributed by atoms with Crippen LogP contribution < -0.4 is 10.4 Å². The van der Waals surface area contributed by atoms with Crippen molar-refractivity contribution in [3.63, 3.8) is 0 Å². The zero-order valence-corrected chi connectivity index (χ0v) is 16.4. The van der Waals surface area contributed by atoms with Crippen LogP contribution in [0.5, 0.6) is 5.75 Å². The average Bonchev–Trinajstić information content (AvgIpc) is 2.62. The predicted octanol–water partition coefficient (Wildman–Crippen LogP) is 3.45. The van der Waals surface area contributed by atoms with E-state index in [1.54, 1.807) is 52.0 Å². The number of fused-ring (bicyclic) bond motifs is 3. The Hall–Kier alpha value is -3.09. The highest BCUT2D eigenvalue weighted by atomic mass is 16.6. The summed E-state index contributed by atoms with van der Waals surface area (Å²) in [5.74, 6) is -0.715. The number of hydrogen-bond donors (Lipinski definition) is 0. The van der Waals surface area contributed by atoms with Gasteiger partial charge in [-0.1, -0.05) is 6.08 Å². The molecule has 0 unspecified atom stereocenters. The van der Waals surface area contributed by atoms with Crippen LogP contribution in [0.25, 0.3) is 11.0 Å². The van der Waals surface area contributed by atoms with Crippen LogP contribution in [0.4, 0.5) is 0 Å². The Morgan fingerprint density at radius 1 is 1.11 bits per heavy atom. The third-order valence-corrected chi connectivity index (χ3v) is 4.69. The molecule has 0 saturated heterocycles. The summed E-state index contributed by atoms with van der Waals surface area (Å²) in [6.45, 7) is 8.09. The molecule has 1 aromatic carbocycles. The van der Waals surface area contributed by atoms with Crippen LogP contribution >= 0.6 is 0 Å². The summed E-state index contributed by atoms with van der Waals surface area (Å²) in [6, 6.07) is 6.37. The van der Waals surface area contributed by atoms with Crippen LogP contribution in [0, 0.1) is 0 Å². The van der Waals surface area contributed by atoms with Gasteiger partial charge in [0.2, 0.25) is 0 Å². The number of carbonyl (C=O) groups excluding carboxylic acids is 2. The second-order valence-corrected chi connectivity index (χ2v) is 7.18. The van der Waals surface area contributed by atoms with Crippen molar-refractivity contribution < 1.29 is 28.2 Å². The fourth-order valence-electron chi connectivity index (χ4n) is 3.18. The molecule has 0 fully saturated rings. The Bertz CT molecular complexity index is 1030. The van der Waals surface area contributed by atoms with Gasteiger partial charge in [-0.3, -0.25) is 4.79 Å². The Morgan fingerprint density at radius 3 is 2.43 bits per heavy atom. The highest BCUT2D eigenvalue weighted by Gasteiger charge is 2.50. The molecule has 0 amide bonds. The Labute approximate surface area is 161 Å². The van der Waals surface area contributed by atoms with Gasteiger partial charge in [0.15, 0.2) is 12.2 Å². The first-order chi connectivity index (χ1) is 13.1. The van der Waals surface area contributed by atoms with Crippen molar-refractivity contribution in [3.05, 3.63) is 51.9 Å². The van der Waals surface area contributed by atoms with Crippen LogP contribution in [-0.2, 0) is 19.1 Å². The summed E-state index contributed by atoms with van der Waals surface area (Å²) in [4.78, 5) is 36.1. The van der Waals surface area contributed by atoms with Crippen molar-refractivity contribution in [3.8, 4) is 5.75 Å².